The number of nitrogens with one attached hydrogen (secondary N) is 4. The van der Waals surface area contributed by atoms with Gasteiger partial charge >= 0.3 is 5.97 Å². The van der Waals surface area contributed by atoms with E-state index in [9.17, 15) is 34.2 Å². The van der Waals surface area contributed by atoms with E-state index >= 15 is 0 Å². The molecule has 13 heteroatoms. The van der Waals surface area contributed by atoms with Crippen LogP contribution in [0.5, 0.6) is 0 Å². The number of hydrogen-bond acceptors (Lipinski definition) is 7. The van der Waals surface area contributed by atoms with Crippen LogP contribution in [0.3, 0.4) is 0 Å². The number of primary amides is 1. The van der Waals surface area contributed by atoms with Gasteiger partial charge in [-0.05, 0) is 23.6 Å². The summed E-state index contributed by atoms with van der Waals surface area (Å²) in [5.41, 5.74) is 13.3. The van der Waals surface area contributed by atoms with Gasteiger partial charge in [0.15, 0.2) is 0 Å². The fraction of sp³-hybridized carbons (Fsp3) is 0.296. The fourth-order valence-electron chi connectivity index (χ4n) is 4.11. The van der Waals surface area contributed by atoms with Crippen LogP contribution in [0.4, 0.5) is 0 Å². The molecule has 0 radical (unpaired) electrons. The van der Waals surface area contributed by atoms with Gasteiger partial charge in [0.2, 0.25) is 23.6 Å². The summed E-state index contributed by atoms with van der Waals surface area (Å²) in [6.07, 6.45) is 1.09. The molecule has 40 heavy (non-hydrogen) atoms. The number of benzene rings is 2. The molecule has 13 nitrogen and oxygen atoms in total. The minimum absolute atomic E-state index is 0.0793. The molecule has 0 aliphatic heterocycles. The van der Waals surface area contributed by atoms with Crippen molar-refractivity contribution in [3.8, 4) is 0 Å². The number of amides is 4. The SMILES string of the molecule is NC(=O)CC(NC(=O)C(Cc1c[nH]c2ccccc12)NC(=O)C(CO)NC(=O)C(N)Cc1ccccc1)C(=O)O. The number of aliphatic carboxylic acids is 1. The number of carbonyl (C=O) groups is 5. The zero-order valence-electron chi connectivity index (χ0n) is 21.5. The topological polar surface area (TPSA) is 230 Å². The third kappa shape index (κ3) is 8.12. The summed E-state index contributed by atoms with van der Waals surface area (Å²) in [6, 6.07) is 10.8. The van der Waals surface area contributed by atoms with E-state index in [1.165, 1.54) is 0 Å². The van der Waals surface area contributed by atoms with Crippen molar-refractivity contribution in [1.29, 1.82) is 0 Å². The zero-order valence-corrected chi connectivity index (χ0v) is 21.5. The minimum Gasteiger partial charge on any atom is -0.480 e. The Morgan fingerprint density at radius 2 is 1.40 bits per heavy atom. The average molecular weight is 553 g/mol. The van der Waals surface area contributed by atoms with Crippen molar-refractivity contribution in [3.05, 3.63) is 71.9 Å². The van der Waals surface area contributed by atoms with E-state index in [1.54, 1.807) is 42.6 Å². The van der Waals surface area contributed by atoms with Crippen LogP contribution < -0.4 is 27.4 Å². The molecule has 0 spiro atoms. The van der Waals surface area contributed by atoms with Gasteiger partial charge in [-0.25, -0.2) is 4.79 Å². The predicted molar refractivity (Wildman–Crippen MR) is 144 cm³/mol. The first-order valence-corrected chi connectivity index (χ1v) is 12.5. The van der Waals surface area contributed by atoms with E-state index < -0.39 is 66.8 Å². The number of rotatable bonds is 14. The van der Waals surface area contributed by atoms with Crippen LogP contribution >= 0.6 is 0 Å². The maximum Gasteiger partial charge on any atom is 0.326 e. The van der Waals surface area contributed by atoms with Crippen LogP contribution in [0.15, 0.2) is 60.8 Å². The Morgan fingerprint density at radius 1 is 0.800 bits per heavy atom. The molecule has 4 unspecified atom stereocenters. The normalized spacial score (nSPS) is 13.9. The number of aliphatic hydroxyl groups excluding tert-OH is 1. The predicted octanol–water partition coefficient (Wildman–Crippen LogP) is -1.31. The fourth-order valence-corrected chi connectivity index (χ4v) is 4.11. The summed E-state index contributed by atoms with van der Waals surface area (Å²) < 4.78 is 0. The molecule has 4 amide bonds. The van der Waals surface area contributed by atoms with E-state index in [4.69, 9.17) is 11.5 Å². The van der Waals surface area contributed by atoms with Crippen molar-refractivity contribution in [2.75, 3.05) is 6.61 Å². The number of aliphatic hydroxyl groups is 1. The smallest absolute Gasteiger partial charge is 0.326 e. The molecule has 0 saturated carbocycles. The lowest BCUT2D eigenvalue weighted by Gasteiger charge is -2.24. The molecule has 0 saturated heterocycles. The first kappa shape index (κ1) is 29.8. The van der Waals surface area contributed by atoms with Gasteiger partial charge in [-0.2, -0.15) is 0 Å². The Labute approximate surface area is 229 Å². The number of carbonyl (C=O) groups excluding carboxylic acids is 4. The number of hydrogen-bond donors (Lipinski definition) is 8. The monoisotopic (exact) mass is 552 g/mol. The van der Waals surface area contributed by atoms with E-state index in [0.717, 1.165) is 16.5 Å². The molecule has 0 bridgehead atoms. The summed E-state index contributed by atoms with van der Waals surface area (Å²) in [7, 11) is 0. The highest BCUT2D eigenvalue weighted by atomic mass is 16.4. The summed E-state index contributed by atoms with van der Waals surface area (Å²) in [4.78, 5) is 64.8. The molecule has 1 heterocycles. The van der Waals surface area contributed by atoms with Crippen molar-refractivity contribution >= 4 is 40.5 Å². The van der Waals surface area contributed by atoms with Crippen LogP contribution in [-0.4, -0.2) is 75.6 Å². The highest BCUT2D eigenvalue weighted by Crippen LogP contribution is 2.19. The highest BCUT2D eigenvalue weighted by molar-refractivity contribution is 5.95. The number of carboxylic acid groups (broad SMARTS) is 1. The lowest BCUT2D eigenvalue weighted by atomic mass is 10.0. The standard InChI is InChI=1S/C27H32N6O7/c28-18(10-15-6-2-1-3-7-15)24(36)33-22(14-34)26(38)31-20(25(37)32-21(27(39)40)12-23(29)35)11-16-13-30-19-9-5-4-8-17(16)19/h1-9,13,18,20-22,30,34H,10-12,14,28H2,(H2,29,35)(H,31,38)(H,32,37)(H,33,36)(H,39,40). The molecule has 0 fully saturated rings. The Balaban J connectivity index is 1.77. The second-order valence-corrected chi connectivity index (χ2v) is 9.23. The van der Waals surface area contributed by atoms with Crippen LogP contribution in [-0.2, 0) is 36.8 Å². The summed E-state index contributed by atoms with van der Waals surface area (Å²) in [5, 5.41) is 27.1. The van der Waals surface area contributed by atoms with Crippen molar-refractivity contribution in [1.82, 2.24) is 20.9 Å². The van der Waals surface area contributed by atoms with Gasteiger partial charge in [-0.1, -0.05) is 48.5 Å². The van der Waals surface area contributed by atoms with Crippen LogP contribution in [0.25, 0.3) is 10.9 Å². The lowest BCUT2D eigenvalue weighted by molar-refractivity contribution is -0.143. The summed E-state index contributed by atoms with van der Waals surface area (Å²) in [6.45, 7) is -0.795. The van der Waals surface area contributed by atoms with Crippen LogP contribution in [0.2, 0.25) is 0 Å². The van der Waals surface area contributed by atoms with Gasteiger partial charge in [0.05, 0.1) is 19.1 Å². The van der Waals surface area contributed by atoms with Crippen molar-refractivity contribution < 1.29 is 34.2 Å². The molecule has 0 aliphatic rings. The second kappa shape index (κ2) is 13.9. The third-order valence-corrected chi connectivity index (χ3v) is 6.20. The number of nitrogens with two attached hydrogens (primary N) is 2. The Hall–Kier alpha value is -4.75. The van der Waals surface area contributed by atoms with E-state index in [0.29, 0.717) is 5.56 Å². The molecule has 3 rings (SSSR count). The molecule has 0 aliphatic carbocycles. The molecule has 3 aromatic rings. The maximum atomic E-state index is 13.2. The first-order valence-electron chi connectivity index (χ1n) is 12.5. The van der Waals surface area contributed by atoms with Gasteiger partial charge in [0.25, 0.3) is 0 Å². The van der Waals surface area contributed by atoms with Crippen LogP contribution in [0.1, 0.15) is 17.5 Å². The number of H-pyrrole nitrogens is 1. The summed E-state index contributed by atoms with van der Waals surface area (Å²) >= 11 is 0. The molecular formula is C27H32N6O7. The number of para-hydroxylation sites is 1. The van der Waals surface area contributed by atoms with Crippen molar-refractivity contribution in [2.24, 2.45) is 11.5 Å². The highest BCUT2D eigenvalue weighted by Gasteiger charge is 2.31. The number of carboxylic acids is 1. The lowest BCUT2D eigenvalue weighted by Crippen LogP contribution is -2.58. The van der Waals surface area contributed by atoms with Crippen LogP contribution in [0, 0.1) is 0 Å². The zero-order chi connectivity index (χ0) is 29.2. The second-order valence-electron chi connectivity index (χ2n) is 9.23. The summed E-state index contributed by atoms with van der Waals surface area (Å²) in [5.74, 6) is -4.93. The van der Waals surface area contributed by atoms with Gasteiger partial charge in [-0.15, -0.1) is 0 Å². The van der Waals surface area contributed by atoms with Gasteiger partial charge in [0, 0.05) is 23.5 Å². The van der Waals surface area contributed by atoms with Gasteiger partial charge in [-0.3, -0.25) is 19.2 Å². The number of aromatic nitrogens is 1. The molecule has 10 N–H and O–H groups in total. The molecule has 4 atom stereocenters. The largest absolute Gasteiger partial charge is 0.480 e. The quantitative estimate of drug-likeness (QED) is 0.119. The first-order chi connectivity index (χ1) is 19.1. The Morgan fingerprint density at radius 3 is 2.05 bits per heavy atom. The average Bonchev–Trinajstić information content (AvgIpc) is 3.33. The molecule has 1 aromatic heterocycles. The number of fused-ring (bicyclic) bond motifs is 1. The Bertz CT molecular complexity index is 1360. The molecule has 212 valence electrons. The maximum absolute atomic E-state index is 13.2. The van der Waals surface area contributed by atoms with E-state index in [2.05, 4.69) is 20.9 Å². The van der Waals surface area contributed by atoms with Gasteiger partial charge in [0.1, 0.15) is 18.1 Å². The minimum atomic E-state index is -1.63. The van der Waals surface area contributed by atoms with E-state index in [-0.39, 0.29) is 12.8 Å². The Kier molecular flexibility index (Phi) is 10.3. The molecular weight excluding hydrogens is 520 g/mol. The van der Waals surface area contributed by atoms with Gasteiger partial charge < -0.3 is 42.6 Å². The van der Waals surface area contributed by atoms with Crippen molar-refractivity contribution in [2.45, 2.75) is 43.4 Å². The third-order valence-electron chi connectivity index (χ3n) is 6.20. The molecule has 2 aromatic carbocycles. The van der Waals surface area contributed by atoms with E-state index in [1.807, 2.05) is 18.2 Å². The number of aromatic amines is 1. The van der Waals surface area contributed by atoms with Crippen molar-refractivity contribution in [3.63, 3.8) is 0 Å².